The molecule has 116 valence electrons. The highest BCUT2D eigenvalue weighted by atomic mass is 35.5. The molecular formula is C15H17ClN4S2. The summed E-state index contributed by atoms with van der Waals surface area (Å²) in [7, 11) is 0. The maximum absolute atomic E-state index is 5.90. The summed E-state index contributed by atoms with van der Waals surface area (Å²) >= 11 is 13.3. The van der Waals surface area contributed by atoms with E-state index >= 15 is 0 Å². The summed E-state index contributed by atoms with van der Waals surface area (Å²) in [4.78, 5) is 2.21. The van der Waals surface area contributed by atoms with Crippen LogP contribution in [0.1, 0.15) is 5.56 Å². The molecule has 7 heteroatoms. The van der Waals surface area contributed by atoms with Gasteiger partial charge in [-0.2, -0.15) is 16.9 Å². The lowest BCUT2D eigenvalue weighted by molar-refractivity contribution is 0.470. The molecule has 0 saturated carbocycles. The van der Waals surface area contributed by atoms with E-state index in [1.54, 1.807) is 6.20 Å². The first kappa shape index (κ1) is 15.6. The highest BCUT2D eigenvalue weighted by Gasteiger charge is 2.14. The first-order chi connectivity index (χ1) is 10.7. The SMILES string of the molecule is S=C(Nc1cnn(Cc2ccc(Cl)cc2)c1)N1CCSCC1. The van der Waals surface area contributed by atoms with Crippen LogP contribution in [0.15, 0.2) is 36.7 Å². The number of hydrogen-bond donors (Lipinski definition) is 1. The van der Waals surface area contributed by atoms with Crippen molar-refractivity contribution in [2.24, 2.45) is 0 Å². The van der Waals surface area contributed by atoms with Gasteiger partial charge in [0.2, 0.25) is 0 Å². The quantitative estimate of drug-likeness (QED) is 0.857. The summed E-state index contributed by atoms with van der Waals surface area (Å²) in [6.45, 7) is 2.73. The maximum Gasteiger partial charge on any atom is 0.173 e. The summed E-state index contributed by atoms with van der Waals surface area (Å²) < 4.78 is 1.89. The van der Waals surface area contributed by atoms with Gasteiger partial charge in [0.15, 0.2) is 5.11 Å². The van der Waals surface area contributed by atoms with Crippen LogP contribution < -0.4 is 5.32 Å². The van der Waals surface area contributed by atoms with Crippen LogP contribution in [0.25, 0.3) is 0 Å². The number of halogens is 1. The number of benzene rings is 1. The first-order valence-electron chi connectivity index (χ1n) is 7.11. The number of aromatic nitrogens is 2. The van der Waals surface area contributed by atoms with E-state index < -0.39 is 0 Å². The normalized spacial score (nSPS) is 14.9. The highest BCUT2D eigenvalue weighted by Crippen LogP contribution is 2.14. The van der Waals surface area contributed by atoms with E-state index in [1.807, 2.05) is 46.9 Å². The molecule has 4 nitrogen and oxygen atoms in total. The maximum atomic E-state index is 5.90. The molecule has 1 saturated heterocycles. The molecule has 0 aliphatic carbocycles. The molecule has 2 heterocycles. The number of hydrogen-bond acceptors (Lipinski definition) is 3. The van der Waals surface area contributed by atoms with Gasteiger partial charge in [-0.05, 0) is 29.9 Å². The molecule has 22 heavy (non-hydrogen) atoms. The lowest BCUT2D eigenvalue weighted by atomic mass is 10.2. The van der Waals surface area contributed by atoms with Gasteiger partial charge in [0, 0.05) is 35.8 Å². The van der Waals surface area contributed by atoms with Crippen molar-refractivity contribution >= 4 is 46.4 Å². The van der Waals surface area contributed by atoms with Gasteiger partial charge < -0.3 is 10.2 Å². The van der Waals surface area contributed by atoms with Gasteiger partial charge in [0.25, 0.3) is 0 Å². The summed E-state index contributed by atoms with van der Waals surface area (Å²) in [5, 5.41) is 9.17. The van der Waals surface area contributed by atoms with E-state index in [4.69, 9.17) is 23.8 Å². The lowest BCUT2D eigenvalue weighted by Crippen LogP contribution is -2.40. The Morgan fingerprint density at radius 1 is 1.27 bits per heavy atom. The van der Waals surface area contributed by atoms with Gasteiger partial charge in [-0.15, -0.1) is 0 Å². The van der Waals surface area contributed by atoms with Crippen molar-refractivity contribution in [2.45, 2.75) is 6.54 Å². The fraction of sp³-hybridized carbons (Fsp3) is 0.333. The Bertz CT molecular complexity index is 635. The van der Waals surface area contributed by atoms with Crippen LogP contribution in [-0.2, 0) is 6.54 Å². The van der Waals surface area contributed by atoms with Crippen LogP contribution in [0.5, 0.6) is 0 Å². The Morgan fingerprint density at radius 3 is 2.73 bits per heavy atom. The molecule has 0 bridgehead atoms. The third-order valence-corrected chi connectivity index (χ3v) is 5.00. The number of thiocarbonyl (C=S) groups is 1. The monoisotopic (exact) mass is 352 g/mol. The van der Waals surface area contributed by atoms with Crippen molar-refractivity contribution in [3.63, 3.8) is 0 Å². The van der Waals surface area contributed by atoms with Gasteiger partial charge >= 0.3 is 0 Å². The Morgan fingerprint density at radius 2 is 2.00 bits per heavy atom. The molecular weight excluding hydrogens is 336 g/mol. The van der Waals surface area contributed by atoms with Crippen LogP contribution in [0.2, 0.25) is 5.02 Å². The molecule has 0 unspecified atom stereocenters. The van der Waals surface area contributed by atoms with Crippen LogP contribution in [0, 0.1) is 0 Å². The van der Waals surface area contributed by atoms with Gasteiger partial charge in [0.05, 0.1) is 18.4 Å². The zero-order valence-electron chi connectivity index (χ0n) is 12.0. The van der Waals surface area contributed by atoms with E-state index in [2.05, 4.69) is 15.3 Å². The molecule has 0 atom stereocenters. The van der Waals surface area contributed by atoms with Crippen LogP contribution in [0.3, 0.4) is 0 Å². The van der Waals surface area contributed by atoms with Crippen molar-refractivity contribution in [3.8, 4) is 0 Å². The largest absolute Gasteiger partial charge is 0.347 e. The standard InChI is InChI=1S/C15H17ClN4S2/c16-13-3-1-12(2-4-13)10-20-11-14(9-17-20)18-15(21)19-5-7-22-8-6-19/h1-4,9,11H,5-8,10H2,(H,18,21). The lowest BCUT2D eigenvalue weighted by Gasteiger charge is -2.28. The zero-order chi connectivity index (χ0) is 15.4. The number of anilines is 1. The minimum absolute atomic E-state index is 0.714. The molecule has 1 aliphatic heterocycles. The zero-order valence-corrected chi connectivity index (χ0v) is 14.4. The first-order valence-corrected chi connectivity index (χ1v) is 9.05. The van der Waals surface area contributed by atoms with Gasteiger partial charge in [-0.25, -0.2) is 0 Å². The van der Waals surface area contributed by atoms with E-state index in [1.165, 1.54) is 0 Å². The van der Waals surface area contributed by atoms with Crippen molar-refractivity contribution in [2.75, 3.05) is 29.9 Å². The molecule has 1 aromatic heterocycles. The summed E-state index contributed by atoms with van der Waals surface area (Å²) in [6, 6.07) is 7.80. The molecule has 1 aliphatic rings. The summed E-state index contributed by atoms with van der Waals surface area (Å²) in [5.41, 5.74) is 2.09. The number of nitrogens with one attached hydrogen (secondary N) is 1. The number of rotatable bonds is 3. The Labute approximate surface area is 144 Å². The second-order valence-corrected chi connectivity index (χ2v) is 7.13. The van der Waals surface area contributed by atoms with E-state index in [-0.39, 0.29) is 0 Å². The minimum Gasteiger partial charge on any atom is -0.347 e. The molecule has 0 radical (unpaired) electrons. The second-order valence-electron chi connectivity index (χ2n) is 5.08. The molecule has 1 fully saturated rings. The molecule has 2 aromatic rings. The summed E-state index contributed by atoms with van der Waals surface area (Å²) in [6.07, 6.45) is 3.78. The average Bonchev–Trinajstić information content (AvgIpc) is 2.97. The molecule has 1 N–H and O–H groups in total. The second kappa shape index (κ2) is 7.35. The number of nitrogens with zero attached hydrogens (tertiary/aromatic N) is 3. The fourth-order valence-electron chi connectivity index (χ4n) is 2.26. The third-order valence-electron chi connectivity index (χ3n) is 3.44. The highest BCUT2D eigenvalue weighted by molar-refractivity contribution is 7.99. The summed E-state index contributed by atoms with van der Waals surface area (Å²) in [5.74, 6) is 2.27. The predicted octanol–water partition coefficient (Wildman–Crippen LogP) is 3.33. The van der Waals surface area contributed by atoms with Crippen LogP contribution in [-0.4, -0.2) is 44.4 Å². The van der Waals surface area contributed by atoms with Gasteiger partial charge in [-0.3, -0.25) is 4.68 Å². The predicted molar refractivity (Wildman–Crippen MR) is 97.9 cm³/mol. The number of thioether (sulfide) groups is 1. The van der Waals surface area contributed by atoms with Crippen LogP contribution in [0.4, 0.5) is 5.69 Å². The molecule has 1 aromatic carbocycles. The van der Waals surface area contributed by atoms with E-state index in [9.17, 15) is 0 Å². The topological polar surface area (TPSA) is 33.1 Å². The van der Waals surface area contributed by atoms with Gasteiger partial charge in [0.1, 0.15) is 0 Å². The average molecular weight is 353 g/mol. The molecule has 3 rings (SSSR count). The van der Waals surface area contributed by atoms with Crippen molar-refractivity contribution in [1.82, 2.24) is 14.7 Å². The van der Waals surface area contributed by atoms with Crippen molar-refractivity contribution < 1.29 is 0 Å². The Balaban J connectivity index is 1.58. The Kier molecular flexibility index (Phi) is 5.23. The molecule has 0 amide bonds. The van der Waals surface area contributed by atoms with Crippen molar-refractivity contribution in [1.29, 1.82) is 0 Å². The Hall–Kier alpha value is -1.24. The van der Waals surface area contributed by atoms with E-state index in [0.29, 0.717) is 6.54 Å². The minimum atomic E-state index is 0.714. The molecule has 0 spiro atoms. The van der Waals surface area contributed by atoms with E-state index in [0.717, 1.165) is 46.0 Å². The van der Waals surface area contributed by atoms with Gasteiger partial charge in [-0.1, -0.05) is 23.7 Å². The fourth-order valence-corrected chi connectivity index (χ4v) is 3.59. The van der Waals surface area contributed by atoms with Crippen molar-refractivity contribution in [3.05, 3.63) is 47.2 Å². The third kappa shape index (κ3) is 4.15. The smallest absolute Gasteiger partial charge is 0.173 e. The van der Waals surface area contributed by atoms with Crippen LogP contribution >= 0.6 is 35.6 Å².